The summed E-state index contributed by atoms with van der Waals surface area (Å²) >= 11 is 0. The second-order valence-corrected chi connectivity index (χ2v) is 6.49. The predicted molar refractivity (Wildman–Crippen MR) is 94.2 cm³/mol. The molecule has 0 saturated heterocycles. The summed E-state index contributed by atoms with van der Waals surface area (Å²) in [7, 11) is 1.30. The Hall–Kier alpha value is -3.03. The van der Waals surface area contributed by atoms with E-state index in [0.29, 0.717) is 17.5 Å². The summed E-state index contributed by atoms with van der Waals surface area (Å²) in [5.74, 6) is -1.25. The van der Waals surface area contributed by atoms with E-state index in [4.69, 9.17) is 4.74 Å². The minimum Gasteiger partial charge on any atom is -0.465 e. The number of carbonyl (C=O) groups excluding carboxylic acids is 2. The molecule has 8 heteroatoms. The van der Waals surface area contributed by atoms with Crippen molar-refractivity contribution in [2.75, 3.05) is 7.11 Å². The summed E-state index contributed by atoms with van der Waals surface area (Å²) in [6.45, 7) is 1.54. The van der Waals surface area contributed by atoms with Gasteiger partial charge in [-0.3, -0.25) is 4.79 Å². The third kappa shape index (κ3) is 4.27. The molecule has 2 aromatic carbocycles. The van der Waals surface area contributed by atoms with Gasteiger partial charge in [-0.15, -0.1) is 13.2 Å². The number of esters is 1. The fourth-order valence-corrected chi connectivity index (χ4v) is 3.32. The molecule has 3 rings (SSSR count). The molecular weight excluding hydrogens is 375 g/mol. The van der Waals surface area contributed by atoms with Crippen LogP contribution in [-0.2, 0) is 11.2 Å². The molecule has 0 fully saturated rings. The number of methoxy groups -OCH3 is 1. The van der Waals surface area contributed by atoms with E-state index in [-0.39, 0.29) is 17.4 Å². The Morgan fingerprint density at radius 3 is 2.54 bits per heavy atom. The van der Waals surface area contributed by atoms with Gasteiger partial charge in [-0.25, -0.2) is 4.79 Å². The van der Waals surface area contributed by atoms with Crippen molar-refractivity contribution in [2.24, 2.45) is 0 Å². The molecule has 5 nitrogen and oxygen atoms in total. The van der Waals surface area contributed by atoms with E-state index in [2.05, 4.69) is 10.1 Å². The molecule has 1 atom stereocenters. The Morgan fingerprint density at radius 2 is 1.89 bits per heavy atom. The number of hydrogen-bond donors (Lipinski definition) is 1. The van der Waals surface area contributed by atoms with E-state index in [9.17, 15) is 22.8 Å². The summed E-state index contributed by atoms with van der Waals surface area (Å²) in [4.78, 5) is 24.4. The molecule has 0 aromatic heterocycles. The summed E-state index contributed by atoms with van der Waals surface area (Å²) in [6, 6.07) is 8.49. The lowest BCUT2D eigenvalue weighted by Gasteiger charge is -2.16. The highest BCUT2D eigenvalue weighted by atomic mass is 19.4. The first-order chi connectivity index (χ1) is 13.2. The fourth-order valence-electron chi connectivity index (χ4n) is 3.32. The maximum atomic E-state index is 12.6. The molecule has 0 saturated carbocycles. The Bertz CT molecular complexity index is 924. The first-order valence-corrected chi connectivity index (χ1v) is 8.56. The van der Waals surface area contributed by atoms with Gasteiger partial charge in [0.05, 0.1) is 18.7 Å². The zero-order valence-electron chi connectivity index (χ0n) is 15.2. The number of hydrogen-bond acceptors (Lipinski definition) is 4. The van der Waals surface area contributed by atoms with Crippen LogP contribution < -0.4 is 10.1 Å². The number of ether oxygens (including phenoxy) is 2. The molecule has 0 spiro atoms. The first-order valence-electron chi connectivity index (χ1n) is 8.56. The zero-order chi connectivity index (χ0) is 20.5. The molecule has 1 aliphatic carbocycles. The highest BCUT2D eigenvalue weighted by Crippen LogP contribution is 2.33. The molecule has 0 aliphatic heterocycles. The van der Waals surface area contributed by atoms with Crippen LogP contribution in [0.2, 0.25) is 0 Å². The van der Waals surface area contributed by atoms with Crippen LogP contribution >= 0.6 is 0 Å². The van der Waals surface area contributed by atoms with Crippen LogP contribution in [0.25, 0.3) is 0 Å². The zero-order valence-corrected chi connectivity index (χ0v) is 15.2. The molecule has 0 heterocycles. The molecule has 0 radical (unpaired) electrons. The van der Waals surface area contributed by atoms with Crippen molar-refractivity contribution in [3.8, 4) is 5.75 Å². The summed E-state index contributed by atoms with van der Waals surface area (Å²) in [5, 5.41) is 2.89. The Balaban J connectivity index is 1.77. The van der Waals surface area contributed by atoms with Crippen LogP contribution in [0.3, 0.4) is 0 Å². The molecule has 148 valence electrons. The lowest BCUT2D eigenvalue weighted by Crippen LogP contribution is -2.28. The maximum absolute atomic E-state index is 12.6. The van der Waals surface area contributed by atoms with Crippen molar-refractivity contribution in [3.05, 3.63) is 64.2 Å². The van der Waals surface area contributed by atoms with Gasteiger partial charge in [0, 0.05) is 5.56 Å². The first kappa shape index (κ1) is 19.7. The van der Waals surface area contributed by atoms with E-state index < -0.39 is 18.2 Å². The monoisotopic (exact) mass is 393 g/mol. The SMILES string of the molecule is COC(=O)c1ccc2c(c1)C(NC(=O)c1ccc(OC(F)(F)F)cc1C)CC2. The van der Waals surface area contributed by atoms with E-state index >= 15 is 0 Å². The van der Waals surface area contributed by atoms with Gasteiger partial charge in [-0.2, -0.15) is 0 Å². The third-order valence-electron chi connectivity index (χ3n) is 4.63. The smallest absolute Gasteiger partial charge is 0.465 e. The van der Waals surface area contributed by atoms with Crippen molar-refractivity contribution < 1.29 is 32.2 Å². The van der Waals surface area contributed by atoms with Gasteiger partial charge in [0.2, 0.25) is 0 Å². The summed E-state index contributed by atoms with van der Waals surface area (Å²) < 4.78 is 45.6. The van der Waals surface area contributed by atoms with Crippen molar-refractivity contribution in [1.82, 2.24) is 5.32 Å². The highest BCUT2D eigenvalue weighted by molar-refractivity contribution is 5.96. The van der Waals surface area contributed by atoms with Crippen LogP contribution in [0.5, 0.6) is 5.75 Å². The van der Waals surface area contributed by atoms with Crippen molar-refractivity contribution >= 4 is 11.9 Å². The molecule has 0 bridgehead atoms. The number of alkyl halides is 3. The number of fused-ring (bicyclic) bond motifs is 1. The Labute approximate surface area is 159 Å². The highest BCUT2D eigenvalue weighted by Gasteiger charge is 2.31. The van der Waals surface area contributed by atoms with Gasteiger partial charge < -0.3 is 14.8 Å². The van der Waals surface area contributed by atoms with E-state index in [1.807, 2.05) is 6.07 Å². The Kier molecular flexibility index (Phi) is 5.31. The van der Waals surface area contributed by atoms with E-state index in [0.717, 1.165) is 23.6 Å². The van der Waals surface area contributed by atoms with E-state index in [1.54, 1.807) is 12.1 Å². The minimum atomic E-state index is -4.79. The van der Waals surface area contributed by atoms with Gasteiger partial charge in [0.25, 0.3) is 5.91 Å². The fraction of sp³-hybridized carbons (Fsp3) is 0.300. The minimum absolute atomic E-state index is 0.257. The number of amides is 1. The average Bonchev–Trinajstić information content (AvgIpc) is 3.01. The molecule has 1 aliphatic rings. The van der Waals surface area contributed by atoms with E-state index in [1.165, 1.54) is 26.2 Å². The van der Waals surface area contributed by atoms with Crippen molar-refractivity contribution in [2.45, 2.75) is 32.2 Å². The number of rotatable bonds is 4. The number of halogens is 3. The molecule has 1 amide bonds. The topological polar surface area (TPSA) is 64.6 Å². The maximum Gasteiger partial charge on any atom is 0.573 e. The van der Waals surface area contributed by atoms with Gasteiger partial charge in [-0.1, -0.05) is 6.07 Å². The van der Waals surface area contributed by atoms with Crippen LogP contribution in [-0.4, -0.2) is 25.3 Å². The normalized spacial score (nSPS) is 15.7. The van der Waals surface area contributed by atoms with Crippen molar-refractivity contribution in [1.29, 1.82) is 0 Å². The van der Waals surface area contributed by atoms with Crippen LogP contribution in [0, 0.1) is 6.92 Å². The second-order valence-electron chi connectivity index (χ2n) is 6.49. The standard InChI is InChI=1S/C20H18F3NO4/c1-11-9-14(28-20(21,22)23)6-7-15(11)18(25)24-17-8-5-12-3-4-13(10-16(12)17)19(26)27-2/h3-4,6-7,9-10,17H,5,8H2,1-2H3,(H,24,25). The number of benzene rings is 2. The molecule has 2 aromatic rings. The largest absolute Gasteiger partial charge is 0.573 e. The number of nitrogens with one attached hydrogen (secondary N) is 1. The van der Waals surface area contributed by atoms with Gasteiger partial charge in [-0.05, 0) is 66.8 Å². The van der Waals surface area contributed by atoms with Gasteiger partial charge >= 0.3 is 12.3 Å². The molecule has 1 unspecified atom stereocenters. The summed E-state index contributed by atoms with van der Waals surface area (Å²) in [6.07, 6.45) is -3.37. The molecular formula is C20H18F3NO4. The summed E-state index contributed by atoms with van der Waals surface area (Å²) in [5.41, 5.74) is 2.88. The van der Waals surface area contributed by atoms with Gasteiger partial charge in [0.1, 0.15) is 5.75 Å². The van der Waals surface area contributed by atoms with Gasteiger partial charge in [0.15, 0.2) is 0 Å². The lowest BCUT2D eigenvalue weighted by atomic mass is 10.0. The van der Waals surface area contributed by atoms with Crippen LogP contribution in [0.15, 0.2) is 36.4 Å². The second kappa shape index (κ2) is 7.53. The quantitative estimate of drug-likeness (QED) is 0.795. The van der Waals surface area contributed by atoms with Crippen LogP contribution in [0.1, 0.15) is 49.9 Å². The predicted octanol–water partition coefficient (Wildman–Crippen LogP) is 4.10. The third-order valence-corrected chi connectivity index (χ3v) is 4.63. The van der Waals surface area contributed by atoms with Crippen molar-refractivity contribution in [3.63, 3.8) is 0 Å². The number of aryl methyl sites for hydroxylation is 2. The molecule has 28 heavy (non-hydrogen) atoms. The number of carbonyl (C=O) groups is 2. The average molecular weight is 393 g/mol. The molecule has 1 N–H and O–H groups in total. The Morgan fingerprint density at radius 1 is 1.14 bits per heavy atom. The lowest BCUT2D eigenvalue weighted by molar-refractivity contribution is -0.274. The van der Waals surface area contributed by atoms with Crippen LogP contribution in [0.4, 0.5) is 13.2 Å².